The summed E-state index contributed by atoms with van der Waals surface area (Å²) in [6.45, 7) is 3.42. The third-order valence-electron chi connectivity index (χ3n) is 5.52. The molecule has 150 valence electrons. The molecule has 6 heteroatoms. The number of aromatic nitrogens is 3. The van der Waals surface area contributed by atoms with Crippen molar-refractivity contribution in [3.63, 3.8) is 0 Å². The monoisotopic (exact) mass is 392 g/mol. The second kappa shape index (κ2) is 8.15. The summed E-state index contributed by atoms with van der Waals surface area (Å²) in [6.07, 6.45) is 4.36. The first kappa shape index (κ1) is 19.3. The van der Waals surface area contributed by atoms with Gasteiger partial charge in [0, 0.05) is 43.6 Å². The van der Waals surface area contributed by atoms with Crippen LogP contribution in [0.2, 0.25) is 0 Å². The third kappa shape index (κ3) is 4.36. The van der Waals surface area contributed by atoms with Crippen LogP contribution in [0.5, 0.6) is 0 Å². The fourth-order valence-corrected chi connectivity index (χ4v) is 4.07. The molecule has 5 nitrogen and oxygen atoms in total. The maximum atomic E-state index is 13.2. The number of carbonyl (C=O) groups excluding carboxylic acids is 1. The number of hydrogen-bond donors (Lipinski definition) is 0. The number of benzene rings is 1. The maximum Gasteiger partial charge on any atom is 0.272 e. The number of hydrogen-bond acceptors (Lipinski definition) is 3. The minimum Gasteiger partial charge on any atom is -0.337 e. The molecule has 1 saturated heterocycles. The van der Waals surface area contributed by atoms with E-state index in [-0.39, 0.29) is 17.6 Å². The molecule has 4 rings (SSSR count). The van der Waals surface area contributed by atoms with Gasteiger partial charge < -0.3 is 4.90 Å². The number of halogens is 1. The van der Waals surface area contributed by atoms with Crippen molar-refractivity contribution >= 4 is 5.91 Å². The van der Waals surface area contributed by atoms with Crippen molar-refractivity contribution in [2.75, 3.05) is 13.1 Å². The molecule has 0 bridgehead atoms. The highest BCUT2D eigenvalue weighted by molar-refractivity contribution is 5.92. The van der Waals surface area contributed by atoms with Gasteiger partial charge in [0.1, 0.15) is 11.5 Å². The predicted molar refractivity (Wildman–Crippen MR) is 109 cm³/mol. The van der Waals surface area contributed by atoms with E-state index in [1.165, 1.54) is 12.1 Å². The first-order valence-corrected chi connectivity index (χ1v) is 9.99. The number of pyridine rings is 1. The van der Waals surface area contributed by atoms with Crippen LogP contribution in [-0.2, 0) is 13.5 Å². The first-order chi connectivity index (χ1) is 14.0. The minimum atomic E-state index is -0.222. The smallest absolute Gasteiger partial charge is 0.272 e. The number of nitrogens with zero attached hydrogens (tertiary/aromatic N) is 4. The number of amides is 1. The lowest BCUT2D eigenvalue weighted by atomic mass is 9.92. The van der Waals surface area contributed by atoms with E-state index in [4.69, 9.17) is 4.98 Å². The van der Waals surface area contributed by atoms with Gasteiger partial charge in [-0.2, -0.15) is 5.10 Å². The molecule has 0 aliphatic carbocycles. The zero-order valence-corrected chi connectivity index (χ0v) is 16.8. The van der Waals surface area contributed by atoms with E-state index in [9.17, 15) is 9.18 Å². The molecule has 1 fully saturated rings. The molecule has 1 atom stereocenters. The highest BCUT2D eigenvalue weighted by Crippen LogP contribution is 2.28. The Morgan fingerprint density at radius 3 is 2.69 bits per heavy atom. The SMILES string of the molecule is Cc1cc(Cc2ccc(F)cc2)cc(C2CCCN(C(=O)c3ccnn3C)C2)n1. The number of likely N-dealkylation sites (tertiary alicyclic amines) is 1. The highest BCUT2D eigenvalue weighted by atomic mass is 19.1. The van der Waals surface area contributed by atoms with E-state index in [2.05, 4.69) is 17.2 Å². The van der Waals surface area contributed by atoms with Crippen molar-refractivity contribution in [2.24, 2.45) is 7.05 Å². The van der Waals surface area contributed by atoms with Gasteiger partial charge in [-0.3, -0.25) is 14.5 Å². The van der Waals surface area contributed by atoms with Crippen molar-refractivity contribution in [3.8, 4) is 0 Å². The van der Waals surface area contributed by atoms with Gasteiger partial charge in [-0.1, -0.05) is 12.1 Å². The van der Waals surface area contributed by atoms with Gasteiger partial charge in [-0.25, -0.2) is 4.39 Å². The fourth-order valence-electron chi connectivity index (χ4n) is 4.07. The second-order valence-electron chi connectivity index (χ2n) is 7.78. The number of rotatable bonds is 4. The van der Waals surface area contributed by atoms with Crippen LogP contribution < -0.4 is 0 Å². The lowest BCUT2D eigenvalue weighted by Gasteiger charge is -2.32. The summed E-state index contributed by atoms with van der Waals surface area (Å²) >= 11 is 0. The van der Waals surface area contributed by atoms with Gasteiger partial charge >= 0.3 is 0 Å². The van der Waals surface area contributed by atoms with Gasteiger partial charge in [-0.05, 0) is 67.6 Å². The van der Waals surface area contributed by atoms with E-state index in [1.807, 2.05) is 24.0 Å². The fraction of sp³-hybridized carbons (Fsp3) is 0.348. The second-order valence-corrected chi connectivity index (χ2v) is 7.78. The summed E-state index contributed by atoms with van der Waals surface area (Å²) in [4.78, 5) is 19.6. The van der Waals surface area contributed by atoms with Gasteiger partial charge in [0.2, 0.25) is 0 Å². The van der Waals surface area contributed by atoms with E-state index < -0.39 is 0 Å². The molecule has 1 amide bonds. The Labute approximate surface area is 170 Å². The molecule has 1 unspecified atom stereocenters. The third-order valence-corrected chi connectivity index (χ3v) is 5.52. The topological polar surface area (TPSA) is 51.0 Å². The highest BCUT2D eigenvalue weighted by Gasteiger charge is 2.27. The summed E-state index contributed by atoms with van der Waals surface area (Å²) < 4.78 is 14.8. The van der Waals surface area contributed by atoms with Crippen LogP contribution in [0.15, 0.2) is 48.7 Å². The lowest BCUT2D eigenvalue weighted by molar-refractivity contribution is 0.0694. The summed E-state index contributed by atoms with van der Waals surface area (Å²) in [5, 5.41) is 4.11. The van der Waals surface area contributed by atoms with Crippen LogP contribution in [0.4, 0.5) is 4.39 Å². The molecule has 0 N–H and O–H groups in total. The van der Waals surface area contributed by atoms with Crippen molar-refractivity contribution in [2.45, 2.75) is 32.1 Å². The average molecular weight is 392 g/mol. The minimum absolute atomic E-state index is 0.0221. The molecule has 1 aliphatic rings. The molecule has 29 heavy (non-hydrogen) atoms. The van der Waals surface area contributed by atoms with Crippen LogP contribution in [0, 0.1) is 12.7 Å². The Morgan fingerprint density at radius 1 is 1.17 bits per heavy atom. The number of aryl methyl sites for hydroxylation is 2. The Morgan fingerprint density at radius 2 is 1.97 bits per heavy atom. The summed E-state index contributed by atoms with van der Waals surface area (Å²) in [5.41, 5.74) is 4.84. The molecule has 3 aromatic rings. The molecule has 1 aliphatic heterocycles. The van der Waals surface area contributed by atoms with E-state index in [0.29, 0.717) is 12.2 Å². The van der Waals surface area contributed by atoms with Crippen LogP contribution in [0.3, 0.4) is 0 Å². The molecular weight excluding hydrogens is 367 g/mol. The first-order valence-electron chi connectivity index (χ1n) is 9.99. The van der Waals surface area contributed by atoms with E-state index in [1.54, 1.807) is 24.0 Å². The standard InChI is InChI=1S/C23H25FN4O/c1-16-12-18(13-17-5-7-20(24)8-6-17)14-21(26-16)19-4-3-11-28(15-19)23(29)22-9-10-25-27(22)2/h5-10,12,14,19H,3-4,11,13,15H2,1-2H3. The Balaban J connectivity index is 1.53. The van der Waals surface area contributed by atoms with Crippen molar-refractivity contribution in [1.29, 1.82) is 0 Å². The number of piperidine rings is 1. The van der Waals surface area contributed by atoms with Crippen LogP contribution in [0.1, 0.15) is 51.8 Å². The zero-order chi connectivity index (χ0) is 20.4. The quantitative estimate of drug-likeness (QED) is 0.677. The van der Waals surface area contributed by atoms with Crippen LogP contribution in [0.25, 0.3) is 0 Å². The normalized spacial score (nSPS) is 16.8. The van der Waals surface area contributed by atoms with Gasteiger partial charge in [0.15, 0.2) is 0 Å². The van der Waals surface area contributed by atoms with E-state index in [0.717, 1.165) is 48.3 Å². The Hall–Kier alpha value is -3.02. The number of carbonyl (C=O) groups is 1. The van der Waals surface area contributed by atoms with Crippen molar-refractivity contribution in [1.82, 2.24) is 19.7 Å². The van der Waals surface area contributed by atoms with Crippen molar-refractivity contribution < 1.29 is 9.18 Å². The lowest BCUT2D eigenvalue weighted by Crippen LogP contribution is -2.40. The Bertz CT molecular complexity index is 1010. The molecule has 0 spiro atoms. The molecule has 1 aromatic carbocycles. The van der Waals surface area contributed by atoms with Crippen LogP contribution in [-0.4, -0.2) is 38.7 Å². The molecule has 3 heterocycles. The van der Waals surface area contributed by atoms with Crippen LogP contribution >= 0.6 is 0 Å². The molecule has 2 aromatic heterocycles. The van der Waals surface area contributed by atoms with Gasteiger partial charge in [0.25, 0.3) is 5.91 Å². The maximum absolute atomic E-state index is 13.2. The Kier molecular flexibility index (Phi) is 5.43. The largest absolute Gasteiger partial charge is 0.337 e. The van der Waals surface area contributed by atoms with Gasteiger partial charge in [-0.15, -0.1) is 0 Å². The van der Waals surface area contributed by atoms with E-state index >= 15 is 0 Å². The molecule has 0 saturated carbocycles. The summed E-state index contributed by atoms with van der Waals surface area (Å²) in [5.74, 6) is 0.0161. The average Bonchev–Trinajstić information content (AvgIpc) is 3.15. The predicted octanol–water partition coefficient (Wildman–Crippen LogP) is 3.87. The summed E-state index contributed by atoms with van der Waals surface area (Å²) in [7, 11) is 1.79. The zero-order valence-electron chi connectivity index (χ0n) is 16.8. The summed E-state index contributed by atoms with van der Waals surface area (Å²) in [6, 6.07) is 12.6. The molecular formula is C23H25FN4O. The van der Waals surface area contributed by atoms with Gasteiger partial charge in [0.05, 0.1) is 0 Å². The van der Waals surface area contributed by atoms with Crippen molar-refractivity contribution in [3.05, 3.63) is 82.7 Å². The molecule has 0 radical (unpaired) electrons.